The second-order valence-electron chi connectivity index (χ2n) is 5.31. The third-order valence-electron chi connectivity index (χ3n) is 3.23. The first-order valence-electron chi connectivity index (χ1n) is 7.50. The molecule has 2 rings (SSSR count). The number of pyridine rings is 1. The van der Waals surface area contributed by atoms with Crippen LogP contribution in [0, 0.1) is 0 Å². The smallest absolute Gasteiger partial charge is 0.368 e. The van der Waals surface area contributed by atoms with Gasteiger partial charge in [-0.3, -0.25) is 0 Å². The molecule has 0 atom stereocenters. The Bertz CT molecular complexity index is 902. The average Bonchev–Trinajstić information content (AvgIpc) is 2.58. The molecule has 0 bridgehead atoms. The number of carbonyl (C=O) groups excluding carboxylic acids is 1. The minimum absolute atomic E-state index is 0.142. The molecule has 8 nitrogen and oxygen atoms in total. The molecule has 0 spiro atoms. The number of hydrogen-bond donors (Lipinski definition) is 4. The number of halogens is 3. The van der Waals surface area contributed by atoms with Gasteiger partial charge < -0.3 is 16.0 Å². The first kappa shape index (κ1) is 20.5. The maximum absolute atomic E-state index is 12.4. The summed E-state index contributed by atoms with van der Waals surface area (Å²) in [6.07, 6.45) is -3.74. The zero-order chi connectivity index (χ0) is 20.1. The van der Waals surface area contributed by atoms with Crippen molar-refractivity contribution in [2.75, 3.05) is 23.7 Å². The Hall–Kier alpha value is -2.86. The van der Waals surface area contributed by atoms with E-state index >= 15 is 0 Å². The predicted octanol–water partition coefficient (Wildman–Crippen LogP) is 1.98. The van der Waals surface area contributed by atoms with Crippen molar-refractivity contribution in [2.45, 2.75) is 11.1 Å². The molecule has 146 valence electrons. The Morgan fingerprint density at radius 2 is 1.89 bits per heavy atom. The molecule has 12 heteroatoms. The molecule has 0 fully saturated rings. The number of aromatic nitrogens is 1. The van der Waals surface area contributed by atoms with Gasteiger partial charge in [0.25, 0.3) is 0 Å². The van der Waals surface area contributed by atoms with Gasteiger partial charge in [0.05, 0.1) is 10.5 Å². The van der Waals surface area contributed by atoms with Gasteiger partial charge in [-0.05, 0) is 30.3 Å². The fourth-order valence-corrected chi connectivity index (χ4v) is 2.52. The maximum atomic E-state index is 12.4. The zero-order valence-electron chi connectivity index (χ0n) is 13.7. The largest absolute Gasteiger partial charge is 0.417 e. The van der Waals surface area contributed by atoms with Gasteiger partial charge in [0.15, 0.2) is 0 Å². The predicted molar refractivity (Wildman–Crippen MR) is 92.6 cm³/mol. The number of rotatable bonds is 6. The zero-order valence-corrected chi connectivity index (χ0v) is 14.6. The fraction of sp³-hybridized carbons (Fsp3) is 0.200. The normalized spacial score (nSPS) is 11.7. The van der Waals surface area contributed by atoms with Crippen LogP contribution < -0.4 is 21.1 Å². The Balaban J connectivity index is 1.78. The molecule has 0 aliphatic heterocycles. The van der Waals surface area contributed by atoms with Crippen molar-refractivity contribution in [3.8, 4) is 0 Å². The van der Waals surface area contributed by atoms with E-state index in [2.05, 4.69) is 20.9 Å². The highest BCUT2D eigenvalue weighted by Gasteiger charge is 2.30. The van der Waals surface area contributed by atoms with Crippen molar-refractivity contribution in [1.82, 2.24) is 10.3 Å². The van der Waals surface area contributed by atoms with Crippen molar-refractivity contribution < 1.29 is 26.4 Å². The Morgan fingerprint density at radius 1 is 1.15 bits per heavy atom. The summed E-state index contributed by atoms with van der Waals surface area (Å²) in [5, 5.41) is 12.7. The van der Waals surface area contributed by atoms with Gasteiger partial charge in [-0.1, -0.05) is 6.07 Å². The molecule has 2 amide bonds. The lowest BCUT2D eigenvalue weighted by Crippen LogP contribution is -2.32. The molecule has 27 heavy (non-hydrogen) atoms. The molecule has 0 saturated carbocycles. The minimum Gasteiger partial charge on any atom is -0.368 e. The molecule has 1 heterocycles. The summed E-state index contributed by atoms with van der Waals surface area (Å²) >= 11 is 0. The van der Waals surface area contributed by atoms with Gasteiger partial charge in [-0.2, -0.15) is 13.2 Å². The minimum atomic E-state index is -4.45. The molecule has 0 aliphatic carbocycles. The summed E-state index contributed by atoms with van der Waals surface area (Å²) in [6, 6.07) is 6.89. The van der Waals surface area contributed by atoms with Crippen LogP contribution in [-0.2, 0) is 16.2 Å². The number of primary sulfonamides is 1. The van der Waals surface area contributed by atoms with Crippen LogP contribution in [0.4, 0.5) is 29.5 Å². The van der Waals surface area contributed by atoms with Crippen LogP contribution in [0.3, 0.4) is 0 Å². The molecule has 0 aliphatic rings. The summed E-state index contributed by atoms with van der Waals surface area (Å²) in [6.45, 7) is 0.354. The summed E-state index contributed by atoms with van der Waals surface area (Å²) < 4.78 is 59.8. The third-order valence-corrected chi connectivity index (χ3v) is 4.14. The van der Waals surface area contributed by atoms with E-state index in [-0.39, 0.29) is 29.5 Å². The van der Waals surface area contributed by atoms with Crippen LogP contribution in [0.2, 0.25) is 0 Å². The van der Waals surface area contributed by atoms with Gasteiger partial charge in [-0.25, -0.2) is 23.3 Å². The quantitative estimate of drug-likeness (QED) is 0.549. The van der Waals surface area contributed by atoms with E-state index in [4.69, 9.17) is 5.14 Å². The molecule has 0 radical (unpaired) electrons. The molecule has 2 aromatic rings. The van der Waals surface area contributed by atoms with E-state index in [0.29, 0.717) is 6.20 Å². The molecule has 1 aromatic heterocycles. The van der Waals surface area contributed by atoms with E-state index < -0.39 is 27.8 Å². The Labute approximate surface area is 153 Å². The molecular formula is C15H16F3N5O3S. The van der Waals surface area contributed by atoms with Crippen molar-refractivity contribution in [2.24, 2.45) is 5.14 Å². The van der Waals surface area contributed by atoms with Crippen molar-refractivity contribution >= 4 is 27.6 Å². The molecular weight excluding hydrogens is 387 g/mol. The van der Waals surface area contributed by atoms with Gasteiger partial charge in [-0.15, -0.1) is 0 Å². The van der Waals surface area contributed by atoms with Crippen molar-refractivity contribution in [1.29, 1.82) is 0 Å². The standard InChI is InChI=1S/C15H16F3N5O3S/c16-15(17,18)10-4-5-13(22-9-10)20-6-7-21-14(24)23-11-2-1-3-12(8-11)27(19,25)26/h1-5,8-9H,6-7H2,(H,20,22)(H2,19,25,26)(H2,21,23,24). The second-order valence-corrected chi connectivity index (χ2v) is 6.87. The lowest BCUT2D eigenvalue weighted by Gasteiger charge is -2.10. The lowest BCUT2D eigenvalue weighted by atomic mass is 10.3. The van der Waals surface area contributed by atoms with Gasteiger partial charge in [0.1, 0.15) is 5.82 Å². The Morgan fingerprint density at radius 3 is 2.48 bits per heavy atom. The molecule has 5 N–H and O–H groups in total. The molecule has 0 unspecified atom stereocenters. The number of carbonyl (C=O) groups is 1. The summed E-state index contributed by atoms with van der Waals surface area (Å²) in [5.41, 5.74) is -0.622. The SMILES string of the molecule is NS(=O)(=O)c1cccc(NC(=O)NCCNc2ccc(C(F)(F)F)cn2)c1. The fourth-order valence-electron chi connectivity index (χ4n) is 1.96. The highest BCUT2D eigenvalue weighted by atomic mass is 32.2. The van der Waals surface area contributed by atoms with Gasteiger partial charge in [0.2, 0.25) is 10.0 Å². The summed E-state index contributed by atoms with van der Waals surface area (Å²) in [5.74, 6) is 0.228. The van der Waals surface area contributed by atoms with Gasteiger partial charge >= 0.3 is 12.2 Å². The van der Waals surface area contributed by atoms with Crippen LogP contribution in [0.25, 0.3) is 0 Å². The number of nitrogens with one attached hydrogen (secondary N) is 3. The summed E-state index contributed by atoms with van der Waals surface area (Å²) in [4.78, 5) is 15.3. The number of alkyl halides is 3. The van der Waals surface area contributed by atoms with Crippen LogP contribution in [0.5, 0.6) is 0 Å². The number of nitrogens with two attached hydrogens (primary N) is 1. The molecule has 1 aromatic carbocycles. The number of amides is 2. The lowest BCUT2D eigenvalue weighted by molar-refractivity contribution is -0.137. The highest BCUT2D eigenvalue weighted by Crippen LogP contribution is 2.28. The van der Waals surface area contributed by atoms with Crippen LogP contribution in [-0.4, -0.2) is 32.5 Å². The van der Waals surface area contributed by atoms with Crippen LogP contribution >= 0.6 is 0 Å². The topological polar surface area (TPSA) is 126 Å². The van der Waals surface area contributed by atoms with E-state index in [9.17, 15) is 26.4 Å². The highest BCUT2D eigenvalue weighted by molar-refractivity contribution is 7.89. The number of nitrogens with zero attached hydrogens (tertiary/aromatic N) is 1. The first-order valence-corrected chi connectivity index (χ1v) is 9.05. The number of sulfonamides is 1. The number of urea groups is 1. The van der Waals surface area contributed by atoms with Crippen molar-refractivity contribution in [3.63, 3.8) is 0 Å². The average molecular weight is 403 g/mol. The van der Waals surface area contributed by atoms with Crippen LogP contribution in [0.15, 0.2) is 47.5 Å². The maximum Gasteiger partial charge on any atom is 0.417 e. The van der Waals surface area contributed by atoms with Gasteiger partial charge in [0, 0.05) is 25.0 Å². The van der Waals surface area contributed by atoms with E-state index in [1.54, 1.807) is 0 Å². The number of anilines is 2. The third kappa shape index (κ3) is 6.42. The second kappa shape index (κ2) is 8.22. The molecule has 0 saturated heterocycles. The number of hydrogen-bond acceptors (Lipinski definition) is 5. The van der Waals surface area contributed by atoms with Crippen LogP contribution in [0.1, 0.15) is 5.56 Å². The summed E-state index contributed by atoms with van der Waals surface area (Å²) in [7, 11) is -3.88. The number of benzene rings is 1. The van der Waals surface area contributed by atoms with E-state index in [1.807, 2.05) is 0 Å². The van der Waals surface area contributed by atoms with E-state index in [0.717, 1.165) is 6.07 Å². The first-order chi connectivity index (χ1) is 12.6. The van der Waals surface area contributed by atoms with E-state index in [1.165, 1.54) is 30.3 Å². The van der Waals surface area contributed by atoms with Crippen molar-refractivity contribution in [3.05, 3.63) is 48.2 Å². The Kier molecular flexibility index (Phi) is 6.23. The monoisotopic (exact) mass is 403 g/mol.